The average Bonchev–Trinajstić information content (AvgIpc) is 2.23. The summed E-state index contributed by atoms with van der Waals surface area (Å²) in [6, 6.07) is 1.55. The number of pyridine rings is 1. The van der Waals surface area contributed by atoms with Crippen molar-refractivity contribution in [2.45, 2.75) is 11.6 Å². The van der Waals surface area contributed by atoms with E-state index < -0.39 is 11.2 Å². The van der Waals surface area contributed by atoms with Gasteiger partial charge in [-0.25, -0.2) is 9.78 Å². The Bertz CT molecular complexity index is 408. The van der Waals surface area contributed by atoms with E-state index in [1.165, 1.54) is 4.90 Å². The van der Waals surface area contributed by atoms with Crippen molar-refractivity contribution in [3.63, 3.8) is 0 Å². The van der Waals surface area contributed by atoms with Crippen molar-refractivity contribution in [1.82, 2.24) is 10.3 Å². The highest BCUT2D eigenvalue weighted by molar-refractivity contribution is 7.90. The van der Waals surface area contributed by atoms with E-state index in [2.05, 4.69) is 10.3 Å². The van der Waals surface area contributed by atoms with E-state index in [1.54, 1.807) is 25.6 Å². The molecule has 1 N–H and O–H groups in total. The van der Waals surface area contributed by atoms with Crippen molar-refractivity contribution < 1.29 is 9.35 Å². The van der Waals surface area contributed by atoms with Crippen molar-refractivity contribution in [1.29, 1.82) is 0 Å². The first-order valence-electron chi connectivity index (χ1n) is 4.43. The lowest BCUT2D eigenvalue weighted by molar-refractivity contribution is 0.246. The van der Waals surface area contributed by atoms with Crippen LogP contribution >= 0.6 is 0 Å². The molecule has 15 heavy (non-hydrogen) atoms. The summed E-state index contributed by atoms with van der Waals surface area (Å²) in [5.74, 6) is 0. The molecule has 1 atom stereocenters. The maximum Gasteiger partial charge on any atom is 0.321 e. The Hall–Kier alpha value is -1.27. The van der Waals surface area contributed by atoms with Crippen molar-refractivity contribution in [3.8, 4) is 0 Å². The SMILES string of the molecule is CN1C(=O)NCc2cnc([S+](C)[O-])cc21. The fraction of sp³-hybridized carbons (Fsp3) is 0.333. The minimum absolute atomic E-state index is 0.151. The standard InChI is InChI=1S/C9H11N3O2S/c1-12-7-3-8(15(2)14)10-4-6(7)5-11-9(12)13/h3-4H,5H2,1-2H3,(H,11,13). The van der Waals surface area contributed by atoms with E-state index in [-0.39, 0.29) is 6.03 Å². The first kappa shape index (κ1) is 10.3. The molecule has 0 saturated heterocycles. The van der Waals surface area contributed by atoms with Crippen LogP contribution in [0.5, 0.6) is 0 Å². The topological polar surface area (TPSA) is 68.3 Å². The van der Waals surface area contributed by atoms with Gasteiger partial charge in [0.2, 0.25) is 5.03 Å². The lowest BCUT2D eigenvalue weighted by Gasteiger charge is -2.26. The monoisotopic (exact) mass is 225 g/mol. The predicted octanol–water partition coefficient (Wildman–Crippen LogP) is 0.478. The summed E-state index contributed by atoms with van der Waals surface area (Å²) in [7, 11) is 1.68. The highest BCUT2D eigenvalue weighted by atomic mass is 32.2. The molecule has 0 aromatic carbocycles. The van der Waals surface area contributed by atoms with E-state index in [9.17, 15) is 9.35 Å². The smallest absolute Gasteiger partial charge is 0.321 e. The molecule has 1 aromatic heterocycles. The van der Waals surface area contributed by atoms with Crippen LogP contribution in [0.1, 0.15) is 5.56 Å². The van der Waals surface area contributed by atoms with Gasteiger partial charge < -0.3 is 9.87 Å². The van der Waals surface area contributed by atoms with E-state index in [1.807, 2.05) is 0 Å². The third kappa shape index (κ3) is 1.78. The van der Waals surface area contributed by atoms with Crippen molar-refractivity contribution in [2.24, 2.45) is 0 Å². The molecule has 1 unspecified atom stereocenters. The van der Waals surface area contributed by atoms with Crippen LogP contribution in [0.4, 0.5) is 10.5 Å². The fourth-order valence-corrected chi connectivity index (χ4v) is 1.94. The van der Waals surface area contributed by atoms with Crippen LogP contribution in [0.3, 0.4) is 0 Å². The molecule has 0 bridgehead atoms. The van der Waals surface area contributed by atoms with Gasteiger partial charge in [-0.1, -0.05) is 0 Å². The highest BCUT2D eigenvalue weighted by Gasteiger charge is 2.22. The summed E-state index contributed by atoms with van der Waals surface area (Å²) in [6.07, 6.45) is 3.22. The zero-order valence-electron chi connectivity index (χ0n) is 8.48. The lowest BCUT2D eigenvalue weighted by atomic mass is 10.2. The van der Waals surface area contributed by atoms with E-state index in [0.717, 1.165) is 11.3 Å². The van der Waals surface area contributed by atoms with Gasteiger partial charge >= 0.3 is 6.03 Å². The number of anilines is 1. The number of hydrogen-bond acceptors (Lipinski definition) is 3. The number of nitrogens with zero attached hydrogens (tertiary/aromatic N) is 2. The maximum atomic E-state index is 11.4. The quantitative estimate of drug-likeness (QED) is 0.707. The molecule has 2 heterocycles. The van der Waals surface area contributed by atoms with Gasteiger partial charge in [-0.15, -0.1) is 0 Å². The Morgan fingerprint density at radius 1 is 1.67 bits per heavy atom. The zero-order valence-corrected chi connectivity index (χ0v) is 9.30. The number of nitrogens with one attached hydrogen (secondary N) is 1. The molecule has 6 heteroatoms. The molecule has 0 saturated carbocycles. The number of hydrogen-bond donors (Lipinski definition) is 1. The first-order chi connectivity index (χ1) is 7.09. The fourth-order valence-electron chi connectivity index (χ4n) is 1.46. The normalized spacial score (nSPS) is 17.0. The van der Waals surface area contributed by atoms with Gasteiger partial charge in [0.05, 0.1) is 5.69 Å². The van der Waals surface area contributed by atoms with Crippen LogP contribution in [-0.4, -0.2) is 28.9 Å². The second-order valence-corrected chi connectivity index (χ2v) is 4.65. The molecule has 0 fully saturated rings. The number of carbonyl (C=O) groups excluding carboxylic acids is 1. The molecule has 2 amide bonds. The second kappa shape index (κ2) is 3.71. The summed E-state index contributed by atoms with van der Waals surface area (Å²) in [4.78, 5) is 16.9. The Morgan fingerprint density at radius 2 is 2.40 bits per heavy atom. The average molecular weight is 225 g/mol. The van der Waals surface area contributed by atoms with Crippen LogP contribution in [0, 0.1) is 0 Å². The van der Waals surface area contributed by atoms with Gasteiger partial charge in [0, 0.05) is 42.6 Å². The second-order valence-electron chi connectivity index (χ2n) is 3.32. The zero-order chi connectivity index (χ0) is 11.0. The maximum absolute atomic E-state index is 11.4. The van der Waals surface area contributed by atoms with Crippen molar-refractivity contribution in [2.75, 3.05) is 18.2 Å². The summed E-state index contributed by atoms with van der Waals surface area (Å²) in [6.45, 7) is 0.474. The molecule has 80 valence electrons. The van der Waals surface area contributed by atoms with Gasteiger partial charge in [-0.05, 0) is 0 Å². The molecule has 1 aliphatic heterocycles. The van der Waals surface area contributed by atoms with Gasteiger partial charge in [0.15, 0.2) is 0 Å². The molecular formula is C9H11N3O2S. The van der Waals surface area contributed by atoms with Crippen LogP contribution in [0.2, 0.25) is 0 Å². The largest absolute Gasteiger partial charge is 0.610 e. The summed E-state index contributed by atoms with van der Waals surface area (Å²) in [5, 5.41) is 3.20. The number of carbonyl (C=O) groups is 1. The Balaban J connectivity index is 2.45. The Morgan fingerprint density at radius 3 is 3.07 bits per heavy atom. The van der Waals surface area contributed by atoms with E-state index in [4.69, 9.17) is 0 Å². The van der Waals surface area contributed by atoms with Crippen molar-refractivity contribution >= 4 is 22.9 Å². The van der Waals surface area contributed by atoms with Crippen LogP contribution in [-0.2, 0) is 17.7 Å². The molecule has 0 aliphatic carbocycles. The molecule has 1 aliphatic rings. The molecule has 0 radical (unpaired) electrons. The lowest BCUT2D eigenvalue weighted by Crippen LogP contribution is -2.41. The molecule has 1 aromatic rings. The third-order valence-electron chi connectivity index (χ3n) is 2.33. The molecular weight excluding hydrogens is 214 g/mol. The van der Waals surface area contributed by atoms with E-state index in [0.29, 0.717) is 11.6 Å². The third-order valence-corrected chi connectivity index (χ3v) is 3.14. The van der Waals surface area contributed by atoms with Crippen LogP contribution in [0.15, 0.2) is 17.3 Å². The minimum atomic E-state index is -1.12. The number of fused-ring (bicyclic) bond motifs is 1. The summed E-state index contributed by atoms with van der Waals surface area (Å²) in [5.41, 5.74) is 1.71. The van der Waals surface area contributed by atoms with Crippen molar-refractivity contribution in [3.05, 3.63) is 17.8 Å². The first-order valence-corrected chi connectivity index (χ1v) is 5.99. The van der Waals surface area contributed by atoms with Gasteiger partial charge in [-0.2, -0.15) is 0 Å². The predicted molar refractivity (Wildman–Crippen MR) is 57.2 cm³/mol. The number of urea groups is 1. The number of amides is 2. The Kier molecular flexibility index (Phi) is 2.54. The molecule has 0 spiro atoms. The van der Waals surface area contributed by atoms with Gasteiger partial charge in [0.1, 0.15) is 6.26 Å². The number of rotatable bonds is 1. The number of aromatic nitrogens is 1. The highest BCUT2D eigenvalue weighted by Crippen LogP contribution is 2.24. The Labute approximate surface area is 90.7 Å². The molecule has 5 nitrogen and oxygen atoms in total. The molecule has 2 rings (SSSR count). The van der Waals surface area contributed by atoms with Crippen LogP contribution in [0.25, 0.3) is 0 Å². The minimum Gasteiger partial charge on any atom is -0.610 e. The van der Waals surface area contributed by atoms with Crippen LogP contribution < -0.4 is 10.2 Å². The summed E-state index contributed by atoms with van der Waals surface area (Å²) < 4.78 is 11.2. The van der Waals surface area contributed by atoms with E-state index >= 15 is 0 Å². The van der Waals surface area contributed by atoms with Gasteiger partial charge in [-0.3, -0.25) is 4.90 Å². The summed E-state index contributed by atoms with van der Waals surface area (Å²) >= 11 is -1.12. The van der Waals surface area contributed by atoms with Gasteiger partial charge in [0.25, 0.3) is 0 Å².